The summed E-state index contributed by atoms with van der Waals surface area (Å²) in [5.41, 5.74) is 0.194. The lowest BCUT2D eigenvalue weighted by atomic mass is 10.1. The molecule has 2 rings (SSSR count). The summed E-state index contributed by atoms with van der Waals surface area (Å²) in [5.74, 6) is 0. The van der Waals surface area contributed by atoms with E-state index < -0.39 is 11.6 Å². The molecular formula is C12H10Cl2N2O2. The van der Waals surface area contributed by atoms with Gasteiger partial charge in [0.2, 0.25) is 0 Å². The number of benzene rings is 1. The molecule has 1 heterocycles. The van der Waals surface area contributed by atoms with Crippen LogP contribution in [0.4, 0.5) is 0 Å². The first-order valence-electron chi connectivity index (χ1n) is 5.18. The summed E-state index contributed by atoms with van der Waals surface area (Å²) in [4.78, 5) is 14.5. The Hall–Kier alpha value is -1.52. The van der Waals surface area contributed by atoms with Crippen molar-refractivity contribution in [2.45, 2.75) is 11.6 Å². The molecule has 94 valence electrons. The Labute approximate surface area is 114 Å². The largest absolute Gasteiger partial charge is 0.456 e. The maximum Gasteiger partial charge on any atom is 0.293 e. The first kappa shape index (κ1) is 12.9. The number of imidazole rings is 1. The highest BCUT2D eigenvalue weighted by Gasteiger charge is 2.23. The number of hydrogen-bond donors (Lipinski definition) is 0. The first-order valence-corrected chi connectivity index (χ1v) is 6.00. The fourth-order valence-corrected chi connectivity index (χ4v) is 2.03. The van der Waals surface area contributed by atoms with E-state index in [9.17, 15) is 4.79 Å². The molecule has 4 nitrogen and oxygen atoms in total. The second-order valence-electron chi connectivity index (χ2n) is 3.59. The van der Waals surface area contributed by atoms with Gasteiger partial charge in [0.15, 0.2) is 6.10 Å². The van der Waals surface area contributed by atoms with Gasteiger partial charge in [-0.15, -0.1) is 0 Å². The Morgan fingerprint density at radius 2 is 2.06 bits per heavy atom. The van der Waals surface area contributed by atoms with E-state index in [4.69, 9.17) is 27.9 Å². The number of carbonyl (C=O) groups excluding carboxylic acids is 1. The van der Waals surface area contributed by atoms with Crippen molar-refractivity contribution in [3.8, 4) is 0 Å². The van der Waals surface area contributed by atoms with Crippen molar-refractivity contribution >= 4 is 29.7 Å². The van der Waals surface area contributed by atoms with Gasteiger partial charge in [-0.2, -0.15) is 0 Å². The predicted octanol–water partition coefficient (Wildman–Crippen LogP) is 3.19. The summed E-state index contributed by atoms with van der Waals surface area (Å²) in [6, 6.07) is 6.97. The van der Waals surface area contributed by atoms with Gasteiger partial charge in [0, 0.05) is 17.4 Å². The lowest BCUT2D eigenvalue weighted by Gasteiger charge is -2.21. The van der Waals surface area contributed by atoms with E-state index in [2.05, 4.69) is 4.98 Å². The van der Waals surface area contributed by atoms with E-state index in [0.29, 0.717) is 11.5 Å². The lowest BCUT2D eigenvalue weighted by Crippen LogP contribution is -2.14. The molecule has 0 aliphatic carbocycles. The number of hydrogen-bond acceptors (Lipinski definition) is 3. The van der Waals surface area contributed by atoms with E-state index in [1.807, 2.05) is 0 Å². The SMILES string of the molecule is O=COC(c1ccc(Cl)cc1)C(Cl)n1ccnc1. The Morgan fingerprint density at radius 1 is 1.33 bits per heavy atom. The van der Waals surface area contributed by atoms with Gasteiger partial charge in [0.25, 0.3) is 6.47 Å². The lowest BCUT2D eigenvalue weighted by molar-refractivity contribution is -0.134. The molecule has 0 amide bonds. The number of alkyl halides is 1. The predicted molar refractivity (Wildman–Crippen MR) is 68.5 cm³/mol. The number of carbonyl (C=O) groups is 1. The van der Waals surface area contributed by atoms with Crippen LogP contribution in [0.5, 0.6) is 0 Å². The van der Waals surface area contributed by atoms with Crippen molar-refractivity contribution in [3.63, 3.8) is 0 Å². The molecule has 2 aromatic rings. The summed E-state index contributed by atoms with van der Waals surface area (Å²) in [7, 11) is 0. The van der Waals surface area contributed by atoms with Crippen LogP contribution in [0.3, 0.4) is 0 Å². The van der Waals surface area contributed by atoms with E-state index in [0.717, 1.165) is 5.56 Å². The molecule has 1 aromatic heterocycles. The van der Waals surface area contributed by atoms with Gasteiger partial charge in [-0.25, -0.2) is 4.98 Å². The van der Waals surface area contributed by atoms with Crippen molar-refractivity contribution in [1.29, 1.82) is 0 Å². The average molecular weight is 285 g/mol. The fourth-order valence-electron chi connectivity index (χ4n) is 1.59. The third-order valence-corrected chi connectivity index (χ3v) is 3.17. The van der Waals surface area contributed by atoms with Gasteiger partial charge >= 0.3 is 0 Å². The van der Waals surface area contributed by atoms with Crippen molar-refractivity contribution in [2.75, 3.05) is 0 Å². The minimum absolute atomic E-state index is 0.381. The first-order chi connectivity index (χ1) is 8.72. The standard InChI is InChI=1S/C12H10Cl2N2O2/c13-10-3-1-9(2-4-10)11(18-8-17)12(14)16-6-5-15-7-16/h1-8,11-12H. The van der Waals surface area contributed by atoms with Crippen LogP contribution in [-0.2, 0) is 9.53 Å². The van der Waals surface area contributed by atoms with Gasteiger partial charge in [0.1, 0.15) is 5.50 Å². The number of ether oxygens (including phenoxy) is 1. The van der Waals surface area contributed by atoms with Crippen LogP contribution in [0.1, 0.15) is 17.2 Å². The van der Waals surface area contributed by atoms with Crippen LogP contribution in [0.2, 0.25) is 5.02 Å². The summed E-state index contributed by atoms with van der Waals surface area (Å²) in [6.07, 6.45) is 4.27. The van der Waals surface area contributed by atoms with Crippen molar-refractivity contribution in [2.24, 2.45) is 0 Å². The normalized spacial score (nSPS) is 13.9. The van der Waals surface area contributed by atoms with E-state index in [1.165, 1.54) is 0 Å². The maximum absolute atomic E-state index is 10.6. The molecule has 2 atom stereocenters. The number of halogens is 2. The molecule has 0 aliphatic rings. The zero-order valence-corrected chi connectivity index (χ0v) is 10.8. The monoisotopic (exact) mass is 284 g/mol. The molecule has 0 saturated carbocycles. The molecule has 0 N–H and O–H groups in total. The molecular weight excluding hydrogens is 275 g/mol. The van der Waals surface area contributed by atoms with Crippen LogP contribution >= 0.6 is 23.2 Å². The summed E-state index contributed by atoms with van der Waals surface area (Å²) in [5, 5.41) is 0.609. The highest BCUT2D eigenvalue weighted by atomic mass is 35.5. The highest BCUT2D eigenvalue weighted by Crippen LogP contribution is 2.33. The Kier molecular flexibility index (Phi) is 4.23. The Morgan fingerprint density at radius 3 is 2.61 bits per heavy atom. The second kappa shape index (κ2) is 5.89. The van der Waals surface area contributed by atoms with E-state index >= 15 is 0 Å². The quantitative estimate of drug-likeness (QED) is 0.626. The molecule has 6 heteroatoms. The highest BCUT2D eigenvalue weighted by molar-refractivity contribution is 6.30. The van der Waals surface area contributed by atoms with Crippen LogP contribution in [0.15, 0.2) is 43.0 Å². The minimum atomic E-state index is -0.601. The molecule has 0 spiro atoms. The molecule has 0 bridgehead atoms. The van der Waals surface area contributed by atoms with Crippen LogP contribution in [0, 0.1) is 0 Å². The molecule has 0 radical (unpaired) electrons. The number of aromatic nitrogens is 2. The van der Waals surface area contributed by atoms with Crippen LogP contribution in [0.25, 0.3) is 0 Å². The summed E-state index contributed by atoms with van der Waals surface area (Å²) < 4.78 is 6.71. The van der Waals surface area contributed by atoms with E-state index in [-0.39, 0.29) is 0 Å². The van der Waals surface area contributed by atoms with Crippen molar-refractivity contribution in [1.82, 2.24) is 9.55 Å². The smallest absolute Gasteiger partial charge is 0.293 e. The van der Waals surface area contributed by atoms with E-state index in [1.54, 1.807) is 47.6 Å². The Bertz CT molecular complexity index is 499. The zero-order chi connectivity index (χ0) is 13.0. The Balaban J connectivity index is 2.27. The molecule has 1 aromatic carbocycles. The van der Waals surface area contributed by atoms with Gasteiger partial charge in [-0.05, 0) is 17.7 Å². The van der Waals surface area contributed by atoms with Crippen LogP contribution in [-0.4, -0.2) is 16.0 Å². The second-order valence-corrected chi connectivity index (χ2v) is 4.47. The van der Waals surface area contributed by atoms with Gasteiger partial charge in [-0.1, -0.05) is 35.3 Å². The van der Waals surface area contributed by atoms with Crippen molar-refractivity contribution < 1.29 is 9.53 Å². The third kappa shape index (κ3) is 2.83. The number of rotatable bonds is 5. The molecule has 0 aliphatic heterocycles. The third-order valence-electron chi connectivity index (χ3n) is 2.46. The average Bonchev–Trinajstić information content (AvgIpc) is 2.90. The summed E-state index contributed by atoms with van der Waals surface area (Å²) in [6.45, 7) is 0.381. The molecule has 0 saturated heterocycles. The topological polar surface area (TPSA) is 44.1 Å². The summed E-state index contributed by atoms with van der Waals surface area (Å²) >= 11 is 12.1. The minimum Gasteiger partial charge on any atom is -0.456 e. The van der Waals surface area contributed by atoms with Crippen LogP contribution < -0.4 is 0 Å². The number of nitrogens with zero attached hydrogens (tertiary/aromatic N) is 2. The van der Waals surface area contributed by atoms with Gasteiger partial charge in [-0.3, -0.25) is 4.79 Å². The van der Waals surface area contributed by atoms with Crippen molar-refractivity contribution in [3.05, 3.63) is 53.6 Å². The molecule has 18 heavy (non-hydrogen) atoms. The molecule has 2 unspecified atom stereocenters. The molecule has 0 fully saturated rings. The van der Waals surface area contributed by atoms with Gasteiger partial charge in [0.05, 0.1) is 6.33 Å². The van der Waals surface area contributed by atoms with Gasteiger partial charge < -0.3 is 9.30 Å². The maximum atomic E-state index is 10.6. The zero-order valence-electron chi connectivity index (χ0n) is 9.24. The fraction of sp³-hybridized carbons (Fsp3) is 0.167.